The lowest BCUT2D eigenvalue weighted by Crippen LogP contribution is -2.41. The van der Waals surface area contributed by atoms with Crippen LogP contribution in [0.25, 0.3) is 0 Å². The number of ketones is 1. The van der Waals surface area contributed by atoms with E-state index in [-0.39, 0.29) is 42.5 Å². The Kier molecular flexibility index (Phi) is 11.1. The van der Waals surface area contributed by atoms with Gasteiger partial charge in [-0.25, -0.2) is 4.98 Å². The molecule has 7 nitrogen and oxygen atoms in total. The molecule has 3 aromatic carbocycles. The van der Waals surface area contributed by atoms with Gasteiger partial charge in [0.1, 0.15) is 5.78 Å². The van der Waals surface area contributed by atoms with E-state index in [0.29, 0.717) is 34.9 Å². The smallest absolute Gasteiger partial charge is 0.344 e. The fraction of sp³-hybridized carbons (Fsp3) is 0.250. The van der Waals surface area contributed by atoms with Crippen LogP contribution >= 0.6 is 23.8 Å². The fourth-order valence-electron chi connectivity index (χ4n) is 4.76. The number of nitrogens with one attached hydrogen (secondary N) is 1. The van der Waals surface area contributed by atoms with E-state index >= 15 is 0 Å². The van der Waals surface area contributed by atoms with Gasteiger partial charge in [0, 0.05) is 54.6 Å². The largest absolute Gasteiger partial charge is 0.416 e. The molecular weight excluding hydrogens is 609 g/mol. The number of nitrogens with two attached hydrogens (primary N) is 1. The summed E-state index contributed by atoms with van der Waals surface area (Å²) in [7, 11) is 0. The minimum Gasteiger partial charge on any atom is -0.344 e. The standard InChI is InChI=1S/C32H30ClF3N6OS/c33-26-9-11-27(12-10-26)40-31(44)41(19-24-3-1-2-4-29(24)32(34,35)36)20-25(13-14-37)30(43)15-28-17-39-21-42(28)18-23-7-5-22(16-38)6-8-23/h1-12,17,21,25H,13-15,18-20,37H2,(H,40,44)/t25-/m0/s1. The molecule has 0 aliphatic heterocycles. The van der Waals surface area contributed by atoms with Crippen LogP contribution in [0, 0.1) is 17.2 Å². The maximum absolute atomic E-state index is 13.9. The normalized spacial score (nSPS) is 11.9. The second-order valence-electron chi connectivity index (χ2n) is 10.2. The molecule has 1 atom stereocenters. The second kappa shape index (κ2) is 15.0. The van der Waals surface area contributed by atoms with Crippen molar-refractivity contribution in [3.05, 3.63) is 118 Å². The van der Waals surface area contributed by atoms with Gasteiger partial charge in [0.15, 0.2) is 5.11 Å². The zero-order valence-electron chi connectivity index (χ0n) is 23.6. The number of hydrogen-bond acceptors (Lipinski definition) is 5. The Morgan fingerprint density at radius 1 is 1.11 bits per heavy atom. The van der Waals surface area contributed by atoms with Gasteiger partial charge < -0.3 is 20.5 Å². The van der Waals surface area contributed by atoms with E-state index in [2.05, 4.69) is 16.4 Å². The molecule has 0 bridgehead atoms. The van der Waals surface area contributed by atoms with Crippen molar-refractivity contribution in [1.82, 2.24) is 14.5 Å². The zero-order valence-corrected chi connectivity index (χ0v) is 25.2. The van der Waals surface area contributed by atoms with Crippen molar-refractivity contribution < 1.29 is 18.0 Å². The number of Topliss-reactive ketones (excluding diaryl/α,β-unsaturated/α-hetero) is 1. The first-order chi connectivity index (χ1) is 21.1. The van der Waals surface area contributed by atoms with Crippen molar-refractivity contribution in [2.45, 2.75) is 32.1 Å². The number of rotatable bonds is 12. The number of aromatic nitrogens is 2. The Hall–Kier alpha value is -4.24. The molecule has 0 amide bonds. The molecule has 4 rings (SSSR count). The van der Waals surface area contributed by atoms with Gasteiger partial charge in [-0.05, 0) is 78.8 Å². The molecule has 4 aromatic rings. The molecule has 0 saturated carbocycles. The first-order valence-corrected chi connectivity index (χ1v) is 14.5. The molecule has 1 aromatic heterocycles. The van der Waals surface area contributed by atoms with Crippen LogP contribution in [0.1, 0.15) is 34.4 Å². The summed E-state index contributed by atoms with van der Waals surface area (Å²) in [5.74, 6) is -0.762. The summed E-state index contributed by atoms with van der Waals surface area (Å²) in [6.45, 7) is 0.516. The summed E-state index contributed by atoms with van der Waals surface area (Å²) in [6, 6.07) is 21.3. The lowest BCUT2D eigenvalue weighted by molar-refractivity contribution is -0.138. The minimum atomic E-state index is -4.56. The summed E-state index contributed by atoms with van der Waals surface area (Å²) >= 11 is 11.7. The van der Waals surface area contributed by atoms with Crippen molar-refractivity contribution in [1.29, 1.82) is 5.26 Å². The van der Waals surface area contributed by atoms with E-state index in [1.807, 2.05) is 16.7 Å². The predicted octanol–water partition coefficient (Wildman–Crippen LogP) is 6.45. The van der Waals surface area contributed by atoms with E-state index in [1.54, 1.807) is 53.8 Å². The molecule has 0 spiro atoms. The number of carbonyl (C=O) groups excluding carboxylic acids is 1. The molecule has 3 N–H and O–H groups in total. The summed E-state index contributed by atoms with van der Waals surface area (Å²) in [4.78, 5) is 19.5. The van der Waals surface area contributed by atoms with Gasteiger partial charge >= 0.3 is 6.18 Å². The number of anilines is 1. The highest BCUT2D eigenvalue weighted by atomic mass is 35.5. The number of alkyl halides is 3. The van der Waals surface area contributed by atoms with Crippen molar-refractivity contribution in [2.24, 2.45) is 11.7 Å². The SMILES string of the molecule is N#Cc1ccc(Cn2cncc2CC(=O)[C@@H](CCN)CN(Cc2ccccc2C(F)(F)F)C(=S)Nc2ccc(Cl)cc2)cc1. The average Bonchev–Trinajstić information content (AvgIpc) is 3.43. The predicted molar refractivity (Wildman–Crippen MR) is 168 cm³/mol. The third-order valence-corrected chi connectivity index (χ3v) is 7.68. The number of halogens is 4. The van der Waals surface area contributed by atoms with Crippen molar-refractivity contribution >= 4 is 40.4 Å². The lowest BCUT2D eigenvalue weighted by Gasteiger charge is -2.30. The molecule has 0 aliphatic rings. The van der Waals surface area contributed by atoms with Gasteiger partial charge in [-0.1, -0.05) is 41.9 Å². The van der Waals surface area contributed by atoms with Crippen LogP contribution in [-0.4, -0.2) is 38.4 Å². The number of imidazole rings is 1. The van der Waals surface area contributed by atoms with Gasteiger partial charge in [0.25, 0.3) is 0 Å². The maximum atomic E-state index is 13.9. The molecule has 1 heterocycles. The van der Waals surface area contributed by atoms with E-state index in [0.717, 1.165) is 11.6 Å². The Morgan fingerprint density at radius 3 is 2.48 bits per heavy atom. The Balaban J connectivity index is 1.56. The van der Waals surface area contributed by atoms with E-state index < -0.39 is 17.7 Å². The number of hydrogen-bond donors (Lipinski definition) is 2. The second-order valence-corrected chi connectivity index (χ2v) is 11.0. The third-order valence-electron chi connectivity index (χ3n) is 7.07. The third kappa shape index (κ3) is 8.89. The fourth-order valence-corrected chi connectivity index (χ4v) is 5.14. The van der Waals surface area contributed by atoms with E-state index in [1.165, 1.54) is 18.2 Å². The minimum absolute atomic E-state index is 0.0275. The number of benzene rings is 3. The summed E-state index contributed by atoms with van der Waals surface area (Å²) in [5, 5.41) is 12.8. The van der Waals surface area contributed by atoms with Gasteiger partial charge in [-0.3, -0.25) is 4.79 Å². The van der Waals surface area contributed by atoms with Gasteiger partial charge in [-0.2, -0.15) is 18.4 Å². The Bertz CT molecular complexity index is 1620. The first kappa shape index (κ1) is 32.7. The summed E-state index contributed by atoms with van der Waals surface area (Å²) in [6.07, 6.45) is -0.961. The molecule has 0 unspecified atom stereocenters. The molecule has 12 heteroatoms. The molecule has 228 valence electrons. The highest BCUT2D eigenvalue weighted by Gasteiger charge is 2.34. The van der Waals surface area contributed by atoms with Gasteiger partial charge in [0.05, 0.1) is 23.5 Å². The van der Waals surface area contributed by atoms with Gasteiger partial charge in [0.2, 0.25) is 0 Å². The highest BCUT2D eigenvalue weighted by Crippen LogP contribution is 2.33. The van der Waals surface area contributed by atoms with E-state index in [9.17, 15) is 18.0 Å². The molecular formula is C32H30ClF3N6OS. The Morgan fingerprint density at radius 2 is 1.82 bits per heavy atom. The zero-order chi connectivity index (χ0) is 31.7. The van der Waals surface area contributed by atoms with E-state index in [4.69, 9.17) is 34.8 Å². The average molecular weight is 639 g/mol. The van der Waals surface area contributed by atoms with Crippen LogP contribution in [0.4, 0.5) is 18.9 Å². The molecule has 44 heavy (non-hydrogen) atoms. The highest BCUT2D eigenvalue weighted by molar-refractivity contribution is 7.80. The number of nitriles is 1. The number of thiocarbonyl (C=S) groups is 1. The molecule has 0 saturated heterocycles. The molecule has 0 aliphatic carbocycles. The van der Waals surface area contributed by atoms with Gasteiger partial charge in [-0.15, -0.1) is 0 Å². The molecule has 0 fully saturated rings. The Labute approximate surface area is 264 Å². The topological polar surface area (TPSA) is 100.0 Å². The van der Waals surface area contributed by atoms with Crippen LogP contribution < -0.4 is 11.1 Å². The first-order valence-electron chi connectivity index (χ1n) is 13.7. The number of carbonyl (C=O) groups is 1. The van der Waals surface area contributed by atoms with Crippen LogP contribution in [0.15, 0.2) is 85.3 Å². The summed E-state index contributed by atoms with van der Waals surface area (Å²) < 4.78 is 43.5. The van der Waals surface area contributed by atoms with Crippen LogP contribution in [0.2, 0.25) is 5.02 Å². The maximum Gasteiger partial charge on any atom is 0.416 e. The molecule has 0 radical (unpaired) electrons. The lowest BCUT2D eigenvalue weighted by atomic mass is 9.95. The number of nitrogens with zero attached hydrogens (tertiary/aromatic N) is 4. The van der Waals surface area contributed by atoms with Crippen LogP contribution in [-0.2, 0) is 30.5 Å². The van der Waals surface area contributed by atoms with Crippen molar-refractivity contribution in [3.63, 3.8) is 0 Å². The van der Waals surface area contributed by atoms with Crippen LogP contribution in [0.5, 0.6) is 0 Å². The van der Waals surface area contributed by atoms with Crippen LogP contribution in [0.3, 0.4) is 0 Å². The van der Waals surface area contributed by atoms with Crippen molar-refractivity contribution in [3.8, 4) is 6.07 Å². The monoisotopic (exact) mass is 638 g/mol. The van der Waals surface area contributed by atoms with Crippen molar-refractivity contribution in [2.75, 3.05) is 18.4 Å². The summed E-state index contributed by atoms with van der Waals surface area (Å²) in [5.41, 5.74) is 7.91. The quantitative estimate of drug-likeness (QED) is 0.172.